The van der Waals surface area contributed by atoms with E-state index in [2.05, 4.69) is 36.5 Å². The van der Waals surface area contributed by atoms with Crippen molar-refractivity contribution in [1.82, 2.24) is 9.55 Å². The number of nitrogens with zero attached hydrogens (tertiary/aromatic N) is 2. The summed E-state index contributed by atoms with van der Waals surface area (Å²) < 4.78 is 2.15. The van der Waals surface area contributed by atoms with E-state index in [0.717, 1.165) is 24.2 Å². The molecule has 0 bridgehead atoms. The highest BCUT2D eigenvalue weighted by atomic mass is 15.1. The molecule has 2 unspecified atom stereocenters. The highest BCUT2D eigenvalue weighted by molar-refractivity contribution is 5.75. The molecule has 0 saturated heterocycles. The van der Waals surface area contributed by atoms with Gasteiger partial charge in [-0.15, -0.1) is 0 Å². The molecule has 2 N–H and O–H groups in total. The van der Waals surface area contributed by atoms with Crippen molar-refractivity contribution in [2.45, 2.75) is 32.7 Å². The SMILES string of the molecule is CCC(C)C(N)Cc1nc2ccccc2n1C. The molecule has 2 aromatic rings. The van der Waals surface area contributed by atoms with E-state index in [4.69, 9.17) is 5.73 Å². The number of benzene rings is 1. The van der Waals surface area contributed by atoms with Crippen molar-refractivity contribution in [3.05, 3.63) is 30.1 Å². The lowest BCUT2D eigenvalue weighted by Crippen LogP contribution is -2.31. The first kappa shape index (κ1) is 12.1. The Balaban J connectivity index is 2.27. The van der Waals surface area contributed by atoms with Crippen LogP contribution in [0.25, 0.3) is 11.0 Å². The predicted molar refractivity (Wildman–Crippen MR) is 71.8 cm³/mol. The predicted octanol–water partition coefficient (Wildman–Crippen LogP) is 2.49. The van der Waals surface area contributed by atoms with Gasteiger partial charge in [0.2, 0.25) is 0 Å². The molecule has 0 fully saturated rings. The van der Waals surface area contributed by atoms with Gasteiger partial charge in [-0.25, -0.2) is 4.98 Å². The molecule has 0 amide bonds. The van der Waals surface area contributed by atoms with E-state index in [9.17, 15) is 0 Å². The van der Waals surface area contributed by atoms with Crippen LogP contribution in [0.5, 0.6) is 0 Å². The van der Waals surface area contributed by atoms with Crippen LogP contribution in [0.1, 0.15) is 26.1 Å². The molecule has 0 radical (unpaired) electrons. The zero-order valence-corrected chi connectivity index (χ0v) is 10.9. The fourth-order valence-corrected chi connectivity index (χ4v) is 2.09. The normalized spacial score (nSPS) is 15.1. The van der Waals surface area contributed by atoms with Crippen LogP contribution in [0.2, 0.25) is 0 Å². The molecule has 2 atom stereocenters. The molecule has 1 aromatic carbocycles. The Morgan fingerprint density at radius 3 is 2.71 bits per heavy atom. The maximum atomic E-state index is 6.20. The van der Waals surface area contributed by atoms with Crippen molar-refractivity contribution in [2.24, 2.45) is 18.7 Å². The molecule has 17 heavy (non-hydrogen) atoms. The number of fused-ring (bicyclic) bond motifs is 1. The second-order valence-electron chi connectivity index (χ2n) is 4.83. The van der Waals surface area contributed by atoms with Gasteiger partial charge in [0.25, 0.3) is 0 Å². The van der Waals surface area contributed by atoms with Gasteiger partial charge in [-0.3, -0.25) is 0 Å². The van der Waals surface area contributed by atoms with Crippen molar-refractivity contribution in [3.63, 3.8) is 0 Å². The molecule has 92 valence electrons. The molecule has 1 aromatic heterocycles. The van der Waals surface area contributed by atoms with Crippen LogP contribution in [-0.2, 0) is 13.5 Å². The van der Waals surface area contributed by atoms with Crippen LogP contribution < -0.4 is 5.73 Å². The molecule has 1 heterocycles. The van der Waals surface area contributed by atoms with Crippen molar-refractivity contribution >= 4 is 11.0 Å². The summed E-state index contributed by atoms with van der Waals surface area (Å²) in [4.78, 5) is 4.65. The average Bonchev–Trinajstić information content (AvgIpc) is 2.66. The minimum atomic E-state index is 0.190. The van der Waals surface area contributed by atoms with Gasteiger partial charge in [-0.1, -0.05) is 32.4 Å². The molecule has 0 aliphatic carbocycles. The Morgan fingerprint density at radius 2 is 2.06 bits per heavy atom. The largest absolute Gasteiger partial charge is 0.331 e. The average molecular weight is 231 g/mol. The quantitative estimate of drug-likeness (QED) is 0.878. The fraction of sp³-hybridized carbons (Fsp3) is 0.500. The lowest BCUT2D eigenvalue weighted by Gasteiger charge is -2.17. The summed E-state index contributed by atoms with van der Waals surface area (Å²) in [6.07, 6.45) is 1.96. The first-order valence-corrected chi connectivity index (χ1v) is 6.29. The smallest absolute Gasteiger partial charge is 0.111 e. The number of para-hydroxylation sites is 2. The molecular formula is C14H21N3. The number of imidazole rings is 1. The maximum absolute atomic E-state index is 6.20. The minimum Gasteiger partial charge on any atom is -0.331 e. The monoisotopic (exact) mass is 231 g/mol. The fourth-order valence-electron chi connectivity index (χ4n) is 2.09. The summed E-state index contributed by atoms with van der Waals surface area (Å²) in [6.45, 7) is 4.38. The zero-order chi connectivity index (χ0) is 12.4. The highest BCUT2D eigenvalue weighted by Gasteiger charge is 2.15. The summed E-state index contributed by atoms with van der Waals surface area (Å²) in [7, 11) is 2.06. The standard InChI is InChI=1S/C14H21N3/c1-4-10(2)11(15)9-14-16-12-7-5-6-8-13(12)17(14)3/h5-8,10-11H,4,9,15H2,1-3H3. The maximum Gasteiger partial charge on any atom is 0.111 e. The highest BCUT2D eigenvalue weighted by Crippen LogP contribution is 2.17. The molecule has 0 spiro atoms. The van der Waals surface area contributed by atoms with E-state index < -0.39 is 0 Å². The van der Waals surface area contributed by atoms with Gasteiger partial charge in [0.15, 0.2) is 0 Å². The van der Waals surface area contributed by atoms with E-state index in [1.54, 1.807) is 0 Å². The Kier molecular flexibility index (Phi) is 3.48. The van der Waals surface area contributed by atoms with Crippen molar-refractivity contribution in [1.29, 1.82) is 0 Å². The summed E-state index contributed by atoms with van der Waals surface area (Å²) in [6, 6.07) is 8.40. The van der Waals surface area contributed by atoms with Crippen LogP contribution in [0.15, 0.2) is 24.3 Å². The van der Waals surface area contributed by atoms with Crippen LogP contribution in [-0.4, -0.2) is 15.6 Å². The first-order chi connectivity index (χ1) is 8.13. The Labute approximate surface area is 103 Å². The van der Waals surface area contributed by atoms with E-state index in [-0.39, 0.29) is 6.04 Å². The molecule has 2 rings (SSSR count). The van der Waals surface area contributed by atoms with Crippen molar-refractivity contribution < 1.29 is 0 Å². The van der Waals surface area contributed by atoms with Gasteiger partial charge in [0.05, 0.1) is 11.0 Å². The lowest BCUT2D eigenvalue weighted by atomic mass is 9.97. The van der Waals surface area contributed by atoms with Crippen LogP contribution >= 0.6 is 0 Å². The number of nitrogens with two attached hydrogens (primary N) is 1. The molecule has 0 saturated carbocycles. The third kappa shape index (κ3) is 2.34. The minimum absolute atomic E-state index is 0.190. The van der Waals surface area contributed by atoms with Crippen LogP contribution in [0.4, 0.5) is 0 Å². The number of rotatable bonds is 4. The van der Waals surface area contributed by atoms with E-state index in [0.29, 0.717) is 5.92 Å². The topological polar surface area (TPSA) is 43.8 Å². The molecule has 0 aliphatic heterocycles. The van der Waals surface area contributed by atoms with Gasteiger partial charge in [0.1, 0.15) is 5.82 Å². The van der Waals surface area contributed by atoms with Crippen molar-refractivity contribution in [2.75, 3.05) is 0 Å². The number of hydrogen-bond donors (Lipinski definition) is 1. The van der Waals surface area contributed by atoms with E-state index >= 15 is 0 Å². The molecule has 0 aliphatic rings. The number of aromatic nitrogens is 2. The number of aryl methyl sites for hydroxylation is 1. The molecule has 3 heteroatoms. The van der Waals surface area contributed by atoms with Gasteiger partial charge in [-0.05, 0) is 18.1 Å². The Morgan fingerprint density at radius 1 is 1.35 bits per heavy atom. The second kappa shape index (κ2) is 4.88. The van der Waals surface area contributed by atoms with Gasteiger partial charge in [-0.2, -0.15) is 0 Å². The summed E-state index contributed by atoms with van der Waals surface area (Å²) in [5.74, 6) is 1.62. The van der Waals surface area contributed by atoms with Gasteiger partial charge < -0.3 is 10.3 Å². The summed E-state index contributed by atoms with van der Waals surface area (Å²) in [5.41, 5.74) is 8.43. The van der Waals surface area contributed by atoms with E-state index in [1.807, 2.05) is 18.2 Å². The molecular weight excluding hydrogens is 210 g/mol. The Hall–Kier alpha value is -1.35. The van der Waals surface area contributed by atoms with Crippen molar-refractivity contribution in [3.8, 4) is 0 Å². The van der Waals surface area contributed by atoms with Crippen LogP contribution in [0, 0.1) is 5.92 Å². The molecule has 3 nitrogen and oxygen atoms in total. The zero-order valence-electron chi connectivity index (χ0n) is 10.9. The van der Waals surface area contributed by atoms with Crippen LogP contribution in [0.3, 0.4) is 0 Å². The first-order valence-electron chi connectivity index (χ1n) is 6.29. The second-order valence-corrected chi connectivity index (χ2v) is 4.83. The summed E-state index contributed by atoms with van der Waals surface area (Å²) >= 11 is 0. The third-order valence-corrected chi connectivity index (χ3v) is 3.67. The summed E-state index contributed by atoms with van der Waals surface area (Å²) in [5, 5.41) is 0. The van der Waals surface area contributed by atoms with Gasteiger partial charge >= 0.3 is 0 Å². The van der Waals surface area contributed by atoms with E-state index in [1.165, 1.54) is 5.52 Å². The number of hydrogen-bond acceptors (Lipinski definition) is 2. The Bertz CT molecular complexity index is 501. The lowest BCUT2D eigenvalue weighted by molar-refractivity contribution is 0.431. The third-order valence-electron chi connectivity index (χ3n) is 3.67. The van der Waals surface area contributed by atoms with Gasteiger partial charge in [0, 0.05) is 19.5 Å².